The fourth-order valence-corrected chi connectivity index (χ4v) is 3.83. The fraction of sp³-hybridized carbons (Fsp3) is 0.250. The van der Waals surface area contributed by atoms with Crippen LogP contribution in [0.15, 0.2) is 67.0 Å². The molecule has 0 unspecified atom stereocenters. The summed E-state index contributed by atoms with van der Waals surface area (Å²) in [5.74, 6) is 0.179. The van der Waals surface area contributed by atoms with Crippen LogP contribution in [0.5, 0.6) is 5.75 Å². The zero-order chi connectivity index (χ0) is 25.7. The van der Waals surface area contributed by atoms with Crippen LogP contribution in [-0.4, -0.2) is 35.7 Å². The molecule has 0 saturated heterocycles. The third-order valence-electron chi connectivity index (χ3n) is 5.79. The number of aromatic amines is 1. The molecule has 2 aromatic heterocycles. The summed E-state index contributed by atoms with van der Waals surface area (Å²) in [6.45, 7) is 6.55. The van der Waals surface area contributed by atoms with Gasteiger partial charge in [-0.15, -0.1) is 0 Å². The predicted octanol–water partition coefficient (Wildman–Crippen LogP) is 5.91. The smallest absolute Gasteiger partial charge is 0.356 e. The number of amides is 2. The number of aromatic nitrogens is 2. The molecule has 0 saturated carbocycles. The third kappa shape index (κ3) is 5.66. The van der Waals surface area contributed by atoms with Crippen LogP contribution in [0.25, 0.3) is 10.8 Å². The van der Waals surface area contributed by atoms with Crippen molar-refractivity contribution in [2.45, 2.75) is 32.6 Å². The number of hydrogen-bond acceptors (Lipinski definition) is 5. The molecule has 2 aromatic carbocycles. The van der Waals surface area contributed by atoms with E-state index in [4.69, 9.17) is 9.47 Å². The number of benzene rings is 2. The van der Waals surface area contributed by atoms with Gasteiger partial charge in [0.15, 0.2) is 0 Å². The maximum atomic E-state index is 12.9. The van der Waals surface area contributed by atoms with Crippen LogP contribution in [0.4, 0.5) is 16.2 Å². The van der Waals surface area contributed by atoms with Crippen molar-refractivity contribution in [3.05, 3.63) is 83.9 Å². The van der Waals surface area contributed by atoms with Crippen LogP contribution in [0.3, 0.4) is 0 Å². The Kier molecular flexibility index (Phi) is 7.24. The van der Waals surface area contributed by atoms with Gasteiger partial charge >= 0.3 is 12.0 Å². The summed E-state index contributed by atoms with van der Waals surface area (Å²) in [4.78, 5) is 32.3. The molecule has 0 bridgehead atoms. The van der Waals surface area contributed by atoms with E-state index < -0.39 is 12.0 Å². The summed E-state index contributed by atoms with van der Waals surface area (Å²) < 4.78 is 10.9. The number of carbonyl (C=O) groups is 2. The van der Waals surface area contributed by atoms with E-state index in [2.05, 4.69) is 20.6 Å². The molecule has 4 aromatic rings. The maximum Gasteiger partial charge on any atom is 0.356 e. The van der Waals surface area contributed by atoms with Crippen LogP contribution in [-0.2, 0) is 16.6 Å². The van der Waals surface area contributed by atoms with E-state index in [0.29, 0.717) is 18.0 Å². The molecule has 8 heteroatoms. The second-order valence-corrected chi connectivity index (χ2v) is 9.40. The van der Waals surface area contributed by atoms with Crippen molar-refractivity contribution >= 4 is 34.1 Å². The molecule has 0 spiro atoms. The lowest BCUT2D eigenvalue weighted by molar-refractivity contribution is 0.0595. The number of pyridine rings is 1. The second-order valence-electron chi connectivity index (χ2n) is 9.40. The summed E-state index contributed by atoms with van der Waals surface area (Å²) in [6.07, 6.45) is 4.29. The first-order valence-corrected chi connectivity index (χ1v) is 11.7. The van der Waals surface area contributed by atoms with Gasteiger partial charge in [0.2, 0.25) is 0 Å². The number of ether oxygens (including phenoxy) is 2. The summed E-state index contributed by atoms with van der Waals surface area (Å²) in [7, 11) is 1.30. The average molecular weight is 487 g/mol. The molecule has 36 heavy (non-hydrogen) atoms. The van der Waals surface area contributed by atoms with E-state index in [1.54, 1.807) is 18.5 Å². The molecule has 186 valence electrons. The largest absolute Gasteiger partial charge is 0.493 e. The van der Waals surface area contributed by atoms with Crippen LogP contribution in [0.2, 0.25) is 0 Å². The van der Waals surface area contributed by atoms with Gasteiger partial charge in [0, 0.05) is 40.7 Å². The number of rotatable bonds is 7. The van der Waals surface area contributed by atoms with Crippen molar-refractivity contribution in [2.24, 2.45) is 0 Å². The van der Waals surface area contributed by atoms with Gasteiger partial charge in [0.1, 0.15) is 11.4 Å². The molecule has 2 amide bonds. The van der Waals surface area contributed by atoms with Crippen LogP contribution in [0, 0.1) is 0 Å². The Labute approximate surface area is 210 Å². The molecule has 0 atom stereocenters. The Morgan fingerprint density at radius 2 is 1.64 bits per heavy atom. The van der Waals surface area contributed by atoms with Crippen molar-refractivity contribution in [3.8, 4) is 5.75 Å². The van der Waals surface area contributed by atoms with E-state index >= 15 is 0 Å². The highest BCUT2D eigenvalue weighted by Crippen LogP contribution is 2.32. The summed E-state index contributed by atoms with van der Waals surface area (Å²) in [5, 5.41) is 7.40. The molecular formula is C28H30N4O4. The minimum Gasteiger partial charge on any atom is -0.493 e. The van der Waals surface area contributed by atoms with E-state index in [0.717, 1.165) is 34.2 Å². The van der Waals surface area contributed by atoms with Crippen molar-refractivity contribution in [3.63, 3.8) is 0 Å². The van der Waals surface area contributed by atoms with Gasteiger partial charge in [-0.2, -0.15) is 0 Å². The second kappa shape index (κ2) is 10.5. The van der Waals surface area contributed by atoms with Crippen molar-refractivity contribution in [1.29, 1.82) is 0 Å². The molecule has 3 N–H and O–H groups in total. The highest BCUT2D eigenvalue weighted by molar-refractivity contribution is 6.09. The molecule has 4 rings (SSSR count). The third-order valence-corrected chi connectivity index (χ3v) is 5.79. The quantitative estimate of drug-likeness (QED) is 0.282. The first-order valence-electron chi connectivity index (χ1n) is 11.7. The molecular weight excluding hydrogens is 456 g/mol. The van der Waals surface area contributed by atoms with E-state index in [-0.39, 0.29) is 11.1 Å². The van der Waals surface area contributed by atoms with E-state index in [1.807, 2.05) is 69.3 Å². The lowest BCUT2D eigenvalue weighted by Crippen LogP contribution is -2.21. The molecule has 2 heterocycles. The Morgan fingerprint density at radius 1 is 0.944 bits per heavy atom. The van der Waals surface area contributed by atoms with Crippen molar-refractivity contribution in [2.75, 3.05) is 24.4 Å². The maximum absolute atomic E-state index is 12.9. The molecule has 0 aliphatic heterocycles. The van der Waals surface area contributed by atoms with Crippen LogP contribution < -0.4 is 15.4 Å². The Balaban J connectivity index is 1.52. The Hall–Kier alpha value is -4.33. The number of hydrogen-bond donors (Lipinski definition) is 3. The average Bonchev–Trinajstić information content (AvgIpc) is 3.29. The SMILES string of the molecule is COC(=O)c1[nH]c(C(C)(C)C)cc1NC(=O)Nc1ccc(OCCc2ccncc2)c2ccccc12. The van der Waals surface area contributed by atoms with Gasteiger partial charge in [-0.25, -0.2) is 9.59 Å². The highest BCUT2D eigenvalue weighted by atomic mass is 16.5. The molecule has 8 nitrogen and oxygen atoms in total. The predicted molar refractivity (Wildman–Crippen MR) is 141 cm³/mol. The number of nitrogens with one attached hydrogen (secondary N) is 3. The first kappa shape index (κ1) is 24.8. The fourth-order valence-electron chi connectivity index (χ4n) is 3.83. The highest BCUT2D eigenvalue weighted by Gasteiger charge is 2.24. The topological polar surface area (TPSA) is 105 Å². The zero-order valence-electron chi connectivity index (χ0n) is 20.8. The lowest BCUT2D eigenvalue weighted by atomic mass is 9.92. The van der Waals surface area contributed by atoms with E-state index in [1.165, 1.54) is 7.11 Å². The molecule has 0 radical (unpaired) electrons. The zero-order valence-corrected chi connectivity index (χ0v) is 20.8. The minimum absolute atomic E-state index is 0.195. The first-order chi connectivity index (χ1) is 17.3. The van der Waals surface area contributed by atoms with Gasteiger partial charge in [0.25, 0.3) is 0 Å². The number of urea groups is 1. The molecule has 0 aliphatic rings. The standard InChI is InChI=1S/C28H30N4O4/c1-28(2,3)24-17-22(25(32-24)26(33)35-4)31-27(34)30-21-9-10-23(20-8-6-5-7-19(20)21)36-16-13-18-11-14-29-15-12-18/h5-12,14-15,17,32H,13,16H2,1-4H3,(H2,30,31,34). The van der Waals surface area contributed by atoms with Gasteiger partial charge in [-0.1, -0.05) is 45.0 Å². The Morgan fingerprint density at radius 3 is 2.33 bits per heavy atom. The van der Waals surface area contributed by atoms with Crippen molar-refractivity contribution < 1.29 is 19.1 Å². The number of carbonyl (C=O) groups excluding carboxylic acids is 2. The number of anilines is 2. The monoisotopic (exact) mass is 486 g/mol. The normalized spacial score (nSPS) is 11.2. The van der Waals surface area contributed by atoms with Gasteiger partial charge in [0.05, 0.1) is 25.1 Å². The summed E-state index contributed by atoms with van der Waals surface area (Å²) in [6, 6.07) is 16.6. The molecule has 0 aliphatic carbocycles. The van der Waals surface area contributed by atoms with Crippen LogP contribution in [0.1, 0.15) is 42.5 Å². The molecule has 0 fully saturated rings. The van der Waals surface area contributed by atoms with Crippen LogP contribution >= 0.6 is 0 Å². The minimum atomic E-state index is -0.556. The van der Waals surface area contributed by atoms with Gasteiger partial charge in [-0.3, -0.25) is 4.98 Å². The number of fused-ring (bicyclic) bond motifs is 1. The summed E-state index contributed by atoms with van der Waals surface area (Å²) >= 11 is 0. The number of methoxy groups -OCH3 is 1. The lowest BCUT2D eigenvalue weighted by Gasteiger charge is -2.15. The summed E-state index contributed by atoms with van der Waals surface area (Å²) in [5.41, 5.74) is 2.87. The van der Waals surface area contributed by atoms with Gasteiger partial charge in [-0.05, 0) is 35.9 Å². The number of esters is 1. The Bertz CT molecular complexity index is 1370. The number of nitrogens with zero attached hydrogens (tertiary/aromatic N) is 1. The van der Waals surface area contributed by atoms with Crippen molar-refractivity contribution in [1.82, 2.24) is 9.97 Å². The van der Waals surface area contributed by atoms with E-state index in [9.17, 15) is 9.59 Å². The van der Waals surface area contributed by atoms with Gasteiger partial charge < -0.3 is 25.1 Å². The number of H-pyrrole nitrogens is 1.